The molecule has 1 aromatic rings. The second-order valence-electron chi connectivity index (χ2n) is 7.72. The smallest absolute Gasteiger partial charge is 0.311 e. The van der Waals surface area contributed by atoms with Crippen LogP contribution in [0.1, 0.15) is 70.3 Å². The third-order valence-corrected chi connectivity index (χ3v) is 6.21. The van der Waals surface area contributed by atoms with Crippen molar-refractivity contribution in [3.63, 3.8) is 0 Å². The summed E-state index contributed by atoms with van der Waals surface area (Å²) in [5.41, 5.74) is 0.693. The van der Waals surface area contributed by atoms with Crippen LogP contribution in [0.3, 0.4) is 0 Å². The van der Waals surface area contributed by atoms with Crippen LogP contribution in [-0.2, 0) is 9.59 Å². The number of thioether (sulfide) groups is 1. The van der Waals surface area contributed by atoms with Crippen LogP contribution in [0.5, 0.6) is 11.5 Å². The molecule has 30 heavy (non-hydrogen) atoms. The van der Waals surface area contributed by atoms with Crippen molar-refractivity contribution in [3.05, 3.63) is 28.7 Å². The molecule has 1 saturated heterocycles. The molecule has 0 radical (unpaired) electrons. The molecule has 6 nitrogen and oxygen atoms in total. The summed E-state index contributed by atoms with van der Waals surface area (Å²) in [6.45, 7) is 2.26. The molecule has 2 fully saturated rings. The molecule has 1 heterocycles. The summed E-state index contributed by atoms with van der Waals surface area (Å²) in [4.78, 5) is 35.6. The Morgan fingerprint density at radius 3 is 2.67 bits per heavy atom. The molecule has 0 atom stereocenters. The van der Waals surface area contributed by atoms with Gasteiger partial charge in [-0.05, 0) is 54.8 Å². The Bertz CT molecular complexity index is 814. The first kappa shape index (κ1) is 22.4. The van der Waals surface area contributed by atoms with Crippen molar-refractivity contribution in [3.8, 4) is 11.5 Å². The van der Waals surface area contributed by atoms with E-state index in [0.29, 0.717) is 35.0 Å². The van der Waals surface area contributed by atoms with Crippen molar-refractivity contribution < 1.29 is 23.9 Å². The molecule has 0 unspecified atom stereocenters. The summed E-state index contributed by atoms with van der Waals surface area (Å²) in [6, 6.07) is 5.10. The standard InChI is InChI=1S/C23H29NO5S/c1-2-28-19-14-17(15-20-22(26)24-23(27)30-20)12-13-18(19)29-21(25)11-7-6-10-16-8-4-3-5-9-16/h12-16H,2-11H2,1H3,(H,24,26,27). The van der Waals surface area contributed by atoms with Crippen LogP contribution in [0.15, 0.2) is 23.1 Å². The summed E-state index contributed by atoms with van der Waals surface area (Å²) < 4.78 is 11.1. The fourth-order valence-electron chi connectivity index (χ4n) is 3.89. The quantitative estimate of drug-likeness (QED) is 0.242. The first-order chi connectivity index (χ1) is 14.5. The minimum absolute atomic E-state index is 0.262. The molecule has 0 bridgehead atoms. The number of carbonyl (C=O) groups excluding carboxylic acids is 3. The number of hydrogen-bond acceptors (Lipinski definition) is 6. The lowest BCUT2D eigenvalue weighted by Crippen LogP contribution is -2.17. The second-order valence-corrected chi connectivity index (χ2v) is 8.73. The minimum Gasteiger partial charge on any atom is -0.490 e. The lowest BCUT2D eigenvalue weighted by molar-refractivity contribution is -0.134. The van der Waals surface area contributed by atoms with E-state index in [1.54, 1.807) is 24.3 Å². The summed E-state index contributed by atoms with van der Waals surface area (Å²) in [7, 11) is 0. The van der Waals surface area contributed by atoms with Gasteiger partial charge in [-0.15, -0.1) is 0 Å². The highest BCUT2D eigenvalue weighted by molar-refractivity contribution is 8.18. The Kier molecular flexibility index (Phi) is 8.37. The first-order valence-electron chi connectivity index (χ1n) is 10.8. The van der Waals surface area contributed by atoms with E-state index >= 15 is 0 Å². The molecule has 1 aliphatic heterocycles. The molecule has 7 heteroatoms. The molecule has 1 saturated carbocycles. The zero-order chi connectivity index (χ0) is 21.3. The second kappa shape index (κ2) is 11.2. The van der Waals surface area contributed by atoms with Crippen LogP contribution in [0.4, 0.5) is 4.79 Å². The van der Waals surface area contributed by atoms with Gasteiger partial charge in [0, 0.05) is 6.42 Å². The average molecular weight is 432 g/mol. The van der Waals surface area contributed by atoms with Gasteiger partial charge in [0.2, 0.25) is 0 Å². The molecule has 1 aromatic carbocycles. The number of imide groups is 1. The van der Waals surface area contributed by atoms with Crippen LogP contribution in [-0.4, -0.2) is 23.7 Å². The molecule has 2 aliphatic rings. The number of rotatable bonds is 9. The molecular formula is C23H29NO5S. The van der Waals surface area contributed by atoms with E-state index in [2.05, 4.69) is 5.32 Å². The fourth-order valence-corrected chi connectivity index (χ4v) is 4.57. The van der Waals surface area contributed by atoms with E-state index in [0.717, 1.165) is 30.5 Å². The zero-order valence-corrected chi connectivity index (χ0v) is 18.2. The lowest BCUT2D eigenvalue weighted by Gasteiger charge is -2.21. The number of amides is 2. The van der Waals surface area contributed by atoms with Crippen LogP contribution in [0.2, 0.25) is 0 Å². The zero-order valence-electron chi connectivity index (χ0n) is 17.4. The summed E-state index contributed by atoms with van der Waals surface area (Å²) in [5.74, 6) is 0.970. The van der Waals surface area contributed by atoms with Gasteiger partial charge in [-0.1, -0.05) is 51.0 Å². The summed E-state index contributed by atoms with van der Waals surface area (Å²) in [6.07, 6.45) is 11.8. The fraction of sp³-hybridized carbons (Fsp3) is 0.522. The van der Waals surface area contributed by atoms with E-state index < -0.39 is 5.91 Å². The summed E-state index contributed by atoms with van der Waals surface area (Å²) in [5, 5.41) is 1.84. The maximum atomic E-state index is 12.3. The van der Waals surface area contributed by atoms with Gasteiger partial charge in [0.15, 0.2) is 11.5 Å². The maximum absolute atomic E-state index is 12.3. The average Bonchev–Trinajstić information content (AvgIpc) is 3.05. The molecular weight excluding hydrogens is 402 g/mol. The van der Waals surface area contributed by atoms with Crippen molar-refractivity contribution in [2.24, 2.45) is 5.92 Å². The number of benzene rings is 1. The Morgan fingerprint density at radius 2 is 1.97 bits per heavy atom. The predicted molar refractivity (Wildman–Crippen MR) is 117 cm³/mol. The Labute approximate surface area is 181 Å². The lowest BCUT2D eigenvalue weighted by atomic mass is 9.86. The molecule has 3 rings (SSSR count). The summed E-state index contributed by atoms with van der Waals surface area (Å²) >= 11 is 0.859. The normalized spacial score (nSPS) is 18.5. The third-order valence-electron chi connectivity index (χ3n) is 5.40. The molecule has 2 amide bonds. The van der Waals surface area contributed by atoms with Gasteiger partial charge in [-0.25, -0.2) is 0 Å². The van der Waals surface area contributed by atoms with E-state index in [-0.39, 0.29) is 11.2 Å². The number of esters is 1. The number of nitrogens with one attached hydrogen (secondary N) is 1. The Hall–Kier alpha value is -2.28. The number of unbranched alkanes of at least 4 members (excludes halogenated alkanes) is 1. The Balaban J connectivity index is 1.54. The highest BCUT2D eigenvalue weighted by atomic mass is 32.2. The van der Waals surface area contributed by atoms with Gasteiger partial charge in [0.1, 0.15) is 0 Å². The van der Waals surface area contributed by atoms with E-state index in [1.165, 1.54) is 38.5 Å². The van der Waals surface area contributed by atoms with Crippen LogP contribution in [0.25, 0.3) is 6.08 Å². The number of carbonyl (C=O) groups is 3. The van der Waals surface area contributed by atoms with Crippen molar-refractivity contribution in [1.29, 1.82) is 0 Å². The maximum Gasteiger partial charge on any atom is 0.311 e. The Morgan fingerprint density at radius 1 is 1.17 bits per heavy atom. The van der Waals surface area contributed by atoms with Gasteiger partial charge in [0.05, 0.1) is 11.5 Å². The van der Waals surface area contributed by atoms with Gasteiger partial charge in [0.25, 0.3) is 11.1 Å². The molecule has 1 aliphatic carbocycles. The van der Waals surface area contributed by atoms with Crippen LogP contribution in [0, 0.1) is 5.92 Å². The van der Waals surface area contributed by atoms with E-state index in [9.17, 15) is 14.4 Å². The van der Waals surface area contributed by atoms with E-state index in [4.69, 9.17) is 9.47 Å². The molecule has 0 aromatic heterocycles. The SMILES string of the molecule is CCOc1cc(C=C2SC(=O)NC2=O)ccc1OC(=O)CCCCC1CCCCC1. The van der Waals surface area contributed by atoms with Crippen molar-refractivity contribution in [2.75, 3.05) is 6.61 Å². The van der Waals surface area contributed by atoms with Crippen LogP contribution < -0.4 is 14.8 Å². The van der Waals surface area contributed by atoms with Crippen molar-refractivity contribution in [2.45, 2.75) is 64.7 Å². The molecule has 0 spiro atoms. The highest BCUT2D eigenvalue weighted by Gasteiger charge is 2.25. The highest BCUT2D eigenvalue weighted by Crippen LogP contribution is 2.32. The first-order valence-corrected chi connectivity index (χ1v) is 11.6. The van der Waals surface area contributed by atoms with Crippen molar-refractivity contribution >= 4 is 35.0 Å². The van der Waals surface area contributed by atoms with E-state index in [1.807, 2.05) is 6.92 Å². The third kappa shape index (κ3) is 6.62. The minimum atomic E-state index is -0.410. The topological polar surface area (TPSA) is 81.7 Å². The molecule has 1 N–H and O–H groups in total. The largest absolute Gasteiger partial charge is 0.490 e. The monoisotopic (exact) mass is 431 g/mol. The van der Waals surface area contributed by atoms with Gasteiger partial charge in [-0.2, -0.15) is 0 Å². The molecule has 162 valence electrons. The van der Waals surface area contributed by atoms with Gasteiger partial charge >= 0.3 is 5.97 Å². The van der Waals surface area contributed by atoms with Gasteiger partial charge in [-0.3, -0.25) is 19.7 Å². The number of hydrogen-bond donors (Lipinski definition) is 1. The number of ether oxygens (including phenoxy) is 2. The predicted octanol–water partition coefficient (Wildman–Crippen LogP) is 5.46. The van der Waals surface area contributed by atoms with Crippen LogP contribution >= 0.6 is 11.8 Å². The van der Waals surface area contributed by atoms with Crippen molar-refractivity contribution in [1.82, 2.24) is 5.32 Å². The van der Waals surface area contributed by atoms with Gasteiger partial charge < -0.3 is 9.47 Å².